The molecule has 0 fully saturated rings. The molecule has 8 rings (SSSR count). The molecule has 632 valence electrons. The summed E-state index contributed by atoms with van der Waals surface area (Å²) in [6.07, 6.45) is -1.33. The van der Waals surface area contributed by atoms with Gasteiger partial charge in [-0.1, -0.05) is 142 Å². The molecule has 0 unspecified atom stereocenters. The van der Waals surface area contributed by atoms with Crippen molar-refractivity contribution in [3.05, 3.63) is 173 Å². The summed E-state index contributed by atoms with van der Waals surface area (Å²) in [5, 5.41) is 65.7. The molecule has 0 aliphatic rings. The molecule has 0 saturated carbocycles. The van der Waals surface area contributed by atoms with Crippen LogP contribution < -0.4 is 33.2 Å². The standard InChI is InChI=1S/C31H34ClN3O8.C30H32ClN3O8.C23H27N3O8/c32-24-6-1-4-22(16-24)20-9-11-21(12-10-20)27-18-25(43-35-27)13-14-29(38)34-26(7-3-15-42-19-36)28(37)17-23(31(33)41)5-2-8-30(39)40;31-22-5-1-3-20(15-22)18-7-9-19(10-8-18)25-17-23(42-34-25)11-13-27(36)33-24(12-14-29(39)40)26(35)16-21(30(32)41)4-2-6-28(37)38;24-23(33)15(6-10-21(29)30)12-19(27)17(8-11-22(31)32)25-20(28)9-7-16-13-18(26-34-16)14-4-2-1-3-5-14/h1,4,6,9-12,16,18-19,23,26H,2-3,5,7-8,13-15,17H2,(H2,33,41)(H,34,38)(H,39,40);1,3,5,7-10,15,17,21,24H,2,4,6,11-14,16H2,(H2,32,41)(H,33,36)(H,37,38)(H,39,40);1-5,13,15,17H,6-12H2,(H2,24,33)(H,25,28)(H,29,30)(H,31,32)/t23-,26+;21-,24+;15-,17+/m111/s1. The Kier molecular flexibility index (Phi) is 39.7. The molecule has 0 aliphatic heterocycles. The number of nitrogens with one attached hydrogen (secondary N) is 3. The lowest BCUT2D eigenvalue weighted by molar-refractivity contribution is -0.139. The quantitative estimate of drug-likeness (QED) is 0.0125. The first-order valence-electron chi connectivity index (χ1n) is 38.0. The molecule has 8 aromatic rings. The topological polar surface area (TPSA) is 559 Å². The number of nitrogens with zero attached hydrogens (tertiary/aromatic N) is 3. The van der Waals surface area contributed by atoms with E-state index in [0.29, 0.717) is 57.3 Å². The number of ether oxygens (including phenoxy) is 1. The van der Waals surface area contributed by atoms with Gasteiger partial charge in [0, 0.05) is 153 Å². The Morgan fingerprint density at radius 1 is 0.361 bits per heavy atom. The summed E-state index contributed by atoms with van der Waals surface area (Å²) in [5.41, 5.74) is 24.3. The van der Waals surface area contributed by atoms with Crippen LogP contribution in [-0.4, -0.2) is 155 Å². The highest BCUT2D eigenvalue weighted by Gasteiger charge is 2.31. The van der Waals surface area contributed by atoms with E-state index in [1.807, 2.05) is 121 Å². The summed E-state index contributed by atoms with van der Waals surface area (Å²) in [7, 11) is 0. The van der Waals surface area contributed by atoms with Crippen LogP contribution in [0.5, 0.6) is 0 Å². The van der Waals surface area contributed by atoms with Crippen LogP contribution in [0, 0.1) is 17.8 Å². The molecule has 3 heterocycles. The number of halogens is 2. The van der Waals surface area contributed by atoms with Crippen LogP contribution in [-0.2, 0) is 95.9 Å². The summed E-state index contributed by atoms with van der Waals surface area (Å²) in [4.78, 5) is 177. The number of amides is 6. The number of benzene rings is 5. The molecule has 14 N–H and O–H groups in total. The molecule has 0 aliphatic carbocycles. The molecule has 6 amide bonds. The molecular formula is C84H93Cl2N9O24. The van der Waals surface area contributed by atoms with Gasteiger partial charge in [-0.15, -0.1) is 0 Å². The number of carbonyl (C=O) groups is 15. The summed E-state index contributed by atoms with van der Waals surface area (Å²) in [5.74, 6) is -12.2. The Bertz CT molecular complexity index is 4780. The van der Waals surface area contributed by atoms with Gasteiger partial charge in [0.25, 0.3) is 6.47 Å². The lowest BCUT2D eigenvalue weighted by Crippen LogP contribution is -2.43. The van der Waals surface area contributed by atoms with E-state index in [9.17, 15) is 71.9 Å². The normalized spacial score (nSPS) is 12.3. The fourth-order valence-electron chi connectivity index (χ4n) is 12.2. The molecule has 3 aromatic heterocycles. The zero-order valence-corrected chi connectivity index (χ0v) is 66.2. The fourth-order valence-corrected chi connectivity index (χ4v) is 12.6. The lowest BCUT2D eigenvalue weighted by atomic mass is 9.91. The van der Waals surface area contributed by atoms with E-state index >= 15 is 0 Å². The second-order valence-electron chi connectivity index (χ2n) is 27.7. The number of hydrogen-bond acceptors (Lipinski definition) is 22. The molecule has 119 heavy (non-hydrogen) atoms. The number of hydrogen-bond donors (Lipinski definition) is 11. The van der Waals surface area contributed by atoms with Crippen molar-refractivity contribution in [1.29, 1.82) is 0 Å². The number of rotatable bonds is 51. The van der Waals surface area contributed by atoms with Gasteiger partial charge in [-0.25, -0.2) is 0 Å². The van der Waals surface area contributed by atoms with E-state index in [2.05, 4.69) is 36.2 Å². The van der Waals surface area contributed by atoms with Crippen molar-refractivity contribution in [2.45, 2.75) is 166 Å². The van der Waals surface area contributed by atoms with E-state index in [-0.39, 0.29) is 141 Å². The number of nitrogens with two attached hydrogens (primary N) is 3. The van der Waals surface area contributed by atoms with Crippen LogP contribution in [0.4, 0.5) is 0 Å². The number of carboxylic acid groups (broad SMARTS) is 5. The molecule has 0 bridgehead atoms. The van der Waals surface area contributed by atoms with Crippen molar-refractivity contribution >= 4 is 112 Å². The zero-order valence-electron chi connectivity index (χ0n) is 64.7. The largest absolute Gasteiger partial charge is 0.481 e. The van der Waals surface area contributed by atoms with Crippen molar-refractivity contribution in [3.8, 4) is 56.0 Å². The van der Waals surface area contributed by atoms with Crippen LogP contribution in [0.25, 0.3) is 56.0 Å². The summed E-state index contributed by atoms with van der Waals surface area (Å²) < 4.78 is 20.7. The van der Waals surface area contributed by atoms with Crippen molar-refractivity contribution in [2.75, 3.05) is 6.61 Å². The summed E-state index contributed by atoms with van der Waals surface area (Å²) in [6, 6.07) is 41.7. The van der Waals surface area contributed by atoms with Gasteiger partial charge in [-0.2, -0.15) is 0 Å². The highest BCUT2D eigenvalue weighted by Crippen LogP contribution is 2.30. The van der Waals surface area contributed by atoms with Gasteiger partial charge in [0.15, 0.2) is 17.3 Å². The maximum Gasteiger partial charge on any atom is 0.303 e. The Balaban J connectivity index is 0.000000279. The van der Waals surface area contributed by atoms with E-state index in [1.54, 1.807) is 24.3 Å². The third-order valence-corrected chi connectivity index (χ3v) is 19.1. The van der Waals surface area contributed by atoms with Crippen molar-refractivity contribution < 1.29 is 116 Å². The minimum atomic E-state index is -1.15. The summed E-state index contributed by atoms with van der Waals surface area (Å²) in [6.45, 7) is 0.349. The molecule has 5 aromatic carbocycles. The molecule has 6 atom stereocenters. The first kappa shape index (κ1) is 94.8. The van der Waals surface area contributed by atoms with Gasteiger partial charge in [-0.3, -0.25) is 71.9 Å². The van der Waals surface area contributed by atoms with Gasteiger partial charge >= 0.3 is 29.8 Å². The van der Waals surface area contributed by atoms with Gasteiger partial charge in [0.1, 0.15) is 34.4 Å². The molecule has 35 heteroatoms. The average molecular weight is 1680 g/mol. The monoisotopic (exact) mass is 1680 g/mol. The number of primary amides is 3. The average Bonchev–Trinajstić information content (AvgIpc) is 1.79. The molecule has 0 spiro atoms. The Morgan fingerprint density at radius 3 is 1.00 bits per heavy atom. The number of Topliss-reactive ketones (excluding diaryl/α,β-unsaturated/α-hetero) is 3. The number of aromatic nitrogens is 3. The predicted molar refractivity (Wildman–Crippen MR) is 429 cm³/mol. The van der Waals surface area contributed by atoms with E-state index in [4.69, 9.17) is 79.5 Å². The highest BCUT2D eigenvalue weighted by molar-refractivity contribution is 6.31. The van der Waals surface area contributed by atoms with Gasteiger partial charge < -0.3 is 77.0 Å². The lowest BCUT2D eigenvalue weighted by Gasteiger charge is -2.20. The number of carbonyl (C=O) groups excluding carboxylic acids is 10. The summed E-state index contributed by atoms with van der Waals surface area (Å²) >= 11 is 12.2. The Labute approximate surface area is 692 Å². The number of aliphatic carboxylic acids is 5. The maximum absolute atomic E-state index is 13.0. The smallest absolute Gasteiger partial charge is 0.303 e. The predicted octanol–water partition coefficient (Wildman–Crippen LogP) is 10.2. The first-order chi connectivity index (χ1) is 56.8. The molecule has 0 saturated heterocycles. The van der Waals surface area contributed by atoms with Crippen LogP contribution in [0.2, 0.25) is 10.0 Å². The van der Waals surface area contributed by atoms with E-state index < -0.39 is 125 Å². The van der Waals surface area contributed by atoms with Crippen molar-refractivity contribution in [2.24, 2.45) is 35.0 Å². The van der Waals surface area contributed by atoms with Gasteiger partial charge in [0.05, 0.1) is 24.7 Å². The minimum Gasteiger partial charge on any atom is -0.481 e. The SMILES string of the molecule is NC(=O)[C@H](CCC(=O)O)CC(=O)[C@H](CCC(=O)O)NC(=O)CCc1cc(-c2ccccc2)no1.NC(=O)[C@H](CCCC(=O)O)CC(=O)[C@H](CCC(=O)O)NC(=O)CCc1cc(-c2ccc(-c3cccc(Cl)c3)cc2)no1.NC(=O)[C@H](CCCC(=O)O)CC(=O)[C@H](CCCOC=O)NC(=O)CCc1cc(-c2ccc(-c3cccc(Cl)c3)cc2)no1. The Morgan fingerprint density at radius 2 is 0.672 bits per heavy atom. The maximum atomic E-state index is 13.0. The second-order valence-corrected chi connectivity index (χ2v) is 28.6. The van der Waals surface area contributed by atoms with Crippen molar-refractivity contribution in [3.63, 3.8) is 0 Å². The molecule has 0 radical (unpaired) electrons. The third-order valence-electron chi connectivity index (χ3n) is 18.7. The molecular weight excluding hydrogens is 1590 g/mol. The number of carboxylic acids is 5. The first-order valence-corrected chi connectivity index (χ1v) is 38.7. The number of ketones is 3. The van der Waals surface area contributed by atoms with Crippen LogP contribution in [0.3, 0.4) is 0 Å². The van der Waals surface area contributed by atoms with Crippen LogP contribution in [0.15, 0.2) is 159 Å². The van der Waals surface area contributed by atoms with Gasteiger partial charge in [0.2, 0.25) is 35.4 Å². The highest BCUT2D eigenvalue weighted by atomic mass is 35.5. The third kappa shape index (κ3) is 35.1. The van der Waals surface area contributed by atoms with Crippen LogP contribution >= 0.6 is 23.2 Å². The zero-order chi connectivity index (χ0) is 86.9. The van der Waals surface area contributed by atoms with Crippen molar-refractivity contribution in [1.82, 2.24) is 31.4 Å². The minimum absolute atomic E-state index is 0.00875. The van der Waals surface area contributed by atoms with Crippen LogP contribution in [0.1, 0.15) is 146 Å². The Hall–Kier alpha value is -13.0. The second kappa shape index (κ2) is 49.8. The number of aryl methyl sites for hydroxylation is 3. The fraction of sp³-hybridized carbons (Fsp3) is 0.357. The molecule has 33 nitrogen and oxygen atoms in total. The van der Waals surface area contributed by atoms with E-state index in [1.165, 1.54) is 0 Å². The van der Waals surface area contributed by atoms with Gasteiger partial charge in [-0.05, 0) is 104 Å². The van der Waals surface area contributed by atoms with E-state index in [0.717, 1.165) is 38.9 Å².